The summed E-state index contributed by atoms with van der Waals surface area (Å²) >= 11 is 0. The molecule has 0 bridgehead atoms. The normalized spacial score (nSPS) is 29.2. The van der Waals surface area contributed by atoms with Gasteiger partial charge in [0, 0.05) is 25.9 Å². The lowest BCUT2D eigenvalue weighted by Gasteiger charge is -2.53. The van der Waals surface area contributed by atoms with Gasteiger partial charge in [-0.3, -0.25) is 4.79 Å². The largest absolute Gasteiger partial charge is 0.469 e. The molecule has 0 amide bonds. The summed E-state index contributed by atoms with van der Waals surface area (Å²) in [5, 5.41) is 13.2. The van der Waals surface area contributed by atoms with E-state index >= 15 is 0 Å². The van der Waals surface area contributed by atoms with E-state index in [0.29, 0.717) is 0 Å². The van der Waals surface area contributed by atoms with Crippen molar-refractivity contribution in [1.29, 1.82) is 0 Å². The third kappa shape index (κ3) is 1.83. The van der Waals surface area contributed by atoms with Crippen LogP contribution in [0.2, 0.25) is 0 Å². The second-order valence-corrected chi connectivity index (χ2v) is 5.06. The molecule has 1 heterocycles. The number of rotatable bonds is 2. The summed E-state index contributed by atoms with van der Waals surface area (Å²) in [6.45, 7) is 0.515. The zero-order valence-corrected chi connectivity index (χ0v) is 9.76. The maximum absolute atomic E-state index is 13.2. The van der Waals surface area contributed by atoms with Crippen molar-refractivity contribution in [2.75, 3.05) is 20.2 Å². The Morgan fingerprint density at radius 1 is 1.24 bits per heavy atom. The number of hydrogen-bond donors (Lipinski definition) is 2. The molecule has 2 fully saturated rings. The quantitative estimate of drug-likeness (QED) is 0.707. The highest BCUT2D eigenvalue weighted by atomic mass is 19.3. The van der Waals surface area contributed by atoms with Gasteiger partial charge in [0.1, 0.15) is 5.60 Å². The number of β-amino-alcohol motifs (C(OH)–C–C–N with tert-alkyl or cyclic N) is 1. The van der Waals surface area contributed by atoms with Crippen LogP contribution < -0.4 is 5.32 Å². The monoisotopic (exact) mass is 249 g/mol. The molecule has 0 aromatic carbocycles. The van der Waals surface area contributed by atoms with Gasteiger partial charge in [-0.1, -0.05) is 0 Å². The van der Waals surface area contributed by atoms with Crippen molar-refractivity contribution in [3.8, 4) is 0 Å². The fourth-order valence-electron chi connectivity index (χ4n) is 2.80. The van der Waals surface area contributed by atoms with E-state index in [4.69, 9.17) is 4.74 Å². The lowest BCUT2D eigenvalue weighted by Crippen LogP contribution is -2.71. The number of hydrogen-bond acceptors (Lipinski definition) is 4. The molecule has 0 atom stereocenters. The second-order valence-electron chi connectivity index (χ2n) is 5.06. The van der Waals surface area contributed by atoms with Gasteiger partial charge in [-0.2, -0.15) is 0 Å². The number of nitrogens with one attached hydrogen (secondary N) is 1. The second kappa shape index (κ2) is 3.88. The molecular weight excluding hydrogens is 232 g/mol. The molecule has 2 rings (SSSR count). The Morgan fingerprint density at radius 3 is 2.12 bits per heavy atom. The lowest BCUT2D eigenvalue weighted by molar-refractivity contribution is -0.199. The Bertz CT molecular complexity index is 319. The van der Waals surface area contributed by atoms with Crippen molar-refractivity contribution in [3.63, 3.8) is 0 Å². The third-order valence-electron chi connectivity index (χ3n) is 4.14. The van der Waals surface area contributed by atoms with Crippen LogP contribution in [0, 0.1) is 5.41 Å². The Morgan fingerprint density at radius 2 is 1.76 bits per heavy atom. The van der Waals surface area contributed by atoms with E-state index in [9.17, 15) is 18.7 Å². The number of alkyl halides is 2. The van der Waals surface area contributed by atoms with Crippen LogP contribution in [0.15, 0.2) is 0 Å². The highest BCUT2D eigenvalue weighted by Gasteiger charge is 2.62. The first-order valence-electron chi connectivity index (χ1n) is 5.75. The van der Waals surface area contributed by atoms with E-state index in [1.807, 2.05) is 0 Å². The van der Waals surface area contributed by atoms with Gasteiger partial charge >= 0.3 is 5.97 Å². The minimum Gasteiger partial charge on any atom is -0.469 e. The van der Waals surface area contributed by atoms with Gasteiger partial charge in [-0.25, -0.2) is 8.78 Å². The molecule has 2 aliphatic rings. The average Bonchev–Trinajstić information content (AvgIpc) is 2.25. The summed E-state index contributed by atoms with van der Waals surface area (Å²) in [4.78, 5) is 11.9. The number of esters is 1. The van der Waals surface area contributed by atoms with Crippen molar-refractivity contribution >= 4 is 5.97 Å². The predicted octanol–water partition coefficient (Wildman–Crippen LogP) is 0.689. The summed E-state index contributed by atoms with van der Waals surface area (Å²) in [5.74, 6) is -3.30. The average molecular weight is 249 g/mol. The van der Waals surface area contributed by atoms with Gasteiger partial charge in [-0.15, -0.1) is 0 Å². The predicted molar refractivity (Wildman–Crippen MR) is 55.7 cm³/mol. The van der Waals surface area contributed by atoms with E-state index in [1.54, 1.807) is 0 Å². The molecule has 1 aliphatic heterocycles. The van der Waals surface area contributed by atoms with Crippen LogP contribution in [-0.4, -0.2) is 42.8 Å². The Balaban J connectivity index is 2.24. The summed E-state index contributed by atoms with van der Waals surface area (Å²) in [6, 6.07) is 0. The molecule has 4 nitrogen and oxygen atoms in total. The van der Waals surface area contributed by atoms with Gasteiger partial charge in [0.05, 0.1) is 12.5 Å². The fourth-order valence-corrected chi connectivity index (χ4v) is 2.80. The molecule has 0 spiro atoms. The summed E-state index contributed by atoms with van der Waals surface area (Å²) < 4.78 is 31.1. The first-order chi connectivity index (χ1) is 7.85. The van der Waals surface area contributed by atoms with Crippen LogP contribution in [0.1, 0.15) is 25.7 Å². The highest BCUT2D eigenvalue weighted by Crippen LogP contribution is 2.51. The van der Waals surface area contributed by atoms with Crippen molar-refractivity contribution in [3.05, 3.63) is 0 Å². The lowest BCUT2D eigenvalue weighted by atomic mass is 9.60. The maximum atomic E-state index is 13.2. The summed E-state index contributed by atoms with van der Waals surface area (Å²) in [5.41, 5.74) is -2.41. The number of carbonyl (C=O) groups excluding carboxylic acids is 1. The number of halogens is 2. The SMILES string of the molecule is COC(=O)C1(C2(O)CNC2)CCC(F)(F)CC1. The molecule has 2 N–H and O–H groups in total. The first-order valence-corrected chi connectivity index (χ1v) is 5.75. The minimum atomic E-state index is -2.73. The van der Waals surface area contributed by atoms with Crippen molar-refractivity contribution < 1.29 is 23.4 Å². The Hall–Kier alpha value is -0.750. The van der Waals surface area contributed by atoms with Gasteiger partial charge in [0.25, 0.3) is 0 Å². The molecule has 1 aliphatic carbocycles. The highest BCUT2D eigenvalue weighted by molar-refractivity contribution is 5.79. The van der Waals surface area contributed by atoms with Crippen molar-refractivity contribution in [1.82, 2.24) is 5.32 Å². The fraction of sp³-hybridized carbons (Fsp3) is 0.909. The van der Waals surface area contributed by atoms with E-state index in [1.165, 1.54) is 7.11 Å². The van der Waals surface area contributed by atoms with E-state index in [-0.39, 0.29) is 38.8 Å². The zero-order valence-electron chi connectivity index (χ0n) is 9.76. The van der Waals surface area contributed by atoms with E-state index < -0.39 is 22.9 Å². The van der Waals surface area contributed by atoms with Crippen LogP contribution in [0.4, 0.5) is 8.78 Å². The summed E-state index contributed by atoms with van der Waals surface area (Å²) in [7, 11) is 1.23. The van der Waals surface area contributed by atoms with Crippen LogP contribution in [0.25, 0.3) is 0 Å². The van der Waals surface area contributed by atoms with Crippen LogP contribution in [-0.2, 0) is 9.53 Å². The molecule has 1 saturated heterocycles. The summed E-state index contributed by atoms with van der Waals surface area (Å²) in [6.07, 6.45) is -0.787. The van der Waals surface area contributed by atoms with Crippen molar-refractivity contribution in [2.24, 2.45) is 5.41 Å². The van der Waals surface area contributed by atoms with Gasteiger partial charge in [-0.05, 0) is 12.8 Å². The molecule has 17 heavy (non-hydrogen) atoms. The Kier molecular flexibility index (Phi) is 2.90. The van der Waals surface area contributed by atoms with Gasteiger partial charge in [0.15, 0.2) is 0 Å². The molecule has 0 radical (unpaired) electrons. The molecule has 0 unspecified atom stereocenters. The van der Waals surface area contributed by atoms with E-state index in [0.717, 1.165) is 0 Å². The number of methoxy groups -OCH3 is 1. The number of carbonyl (C=O) groups is 1. The minimum absolute atomic E-state index is 0.0230. The third-order valence-corrected chi connectivity index (χ3v) is 4.14. The van der Waals surface area contributed by atoms with Gasteiger partial charge < -0.3 is 15.2 Å². The topological polar surface area (TPSA) is 58.6 Å². The van der Waals surface area contributed by atoms with Gasteiger partial charge in [0.2, 0.25) is 5.92 Å². The standard InChI is InChI=1S/C11H17F2NO3/c1-17-8(15)9(10(16)6-14-7-10)2-4-11(12,13)5-3-9/h14,16H,2-7H2,1H3. The number of aliphatic hydroxyl groups is 1. The molecule has 6 heteroatoms. The molecule has 0 aromatic heterocycles. The zero-order chi connectivity index (χ0) is 12.7. The smallest absolute Gasteiger partial charge is 0.314 e. The number of ether oxygens (including phenoxy) is 1. The molecular formula is C11H17F2NO3. The molecule has 1 saturated carbocycles. The van der Waals surface area contributed by atoms with Crippen LogP contribution >= 0.6 is 0 Å². The van der Waals surface area contributed by atoms with Crippen LogP contribution in [0.3, 0.4) is 0 Å². The molecule has 0 aromatic rings. The van der Waals surface area contributed by atoms with E-state index in [2.05, 4.69) is 5.32 Å². The van der Waals surface area contributed by atoms with Crippen LogP contribution in [0.5, 0.6) is 0 Å². The molecule has 98 valence electrons. The Labute approximate surface area is 98.3 Å². The first kappa shape index (κ1) is 12.7. The van der Waals surface area contributed by atoms with Crippen molar-refractivity contribution in [2.45, 2.75) is 37.2 Å². The maximum Gasteiger partial charge on any atom is 0.314 e.